The van der Waals surface area contributed by atoms with E-state index in [2.05, 4.69) is 0 Å². The first-order valence-electron chi connectivity index (χ1n) is 4.66. The molecule has 0 fully saturated rings. The number of hydrogen-bond donors (Lipinski definition) is 1. The summed E-state index contributed by atoms with van der Waals surface area (Å²) in [6.45, 7) is -0.118. The highest BCUT2D eigenvalue weighted by Gasteiger charge is 2.20. The first kappa shape index (κ1) is 13.3. The standard InChI is InChI=1S/C11H10ClNO4/c1-16-6-10(11(14)15)17-9-4-8(12)3-2-7(9)5-13/h2-4,10H,6H2,1H3,(H,14,15). The number of ether oxygens (including phenoxy) is 2. The maximum Gasteiger partial charge on any atom is 0.347 e. The van der Waals surface area contributed by atoms with Gasteiger partial charge in [-0.25, -0.2) is 4.79 Å². The predicted molar refractivity (Wildman–Crippen MR) is 60.1 cm³/mol. The molecule has 0 saturated heterocycles. The van der Waals surface area contributed by atoms with E-state index < -0.39 is 12.1 Å². The van der Waals surface area contributed by atoms with Crippen molar-refractivity contribution < 1.29 is 19.4 Å². The molecule has 1 N–H and O–H groups in total. The lowest BCUT2D eigenvalue weighted by Crippen LogP contribution is -2.31. The van der Waals surface area contributed by atoms with E-state index in [-0.39, 0.29) is 17.9 Å². The molecular formula is C11H10ClNO4. The van der Waals surface area contributed by atoms with Crippen molar-refractivity contribution in [2.45, 2.75) is 6.10 Å². The Morgan fingerprint density at radius 3 is 2.88 bits per heavy atom. The fraction of sp³-hybridized carbons (Fsp3) is 0.273. The van der Waals surface area contributed by atoms with Crippen LogP contribution in [0.1, 0.15) is 5.56 Å². The molecule has 1 unspecified atom stereocenters. The zero-order chi connectivity index (χ0) is 12.8. The van der Waals surface area contributed by atoms with Crippen LogP contribution < -0.4 is 4.74 Å². The molecule has 0 amide bonds. The van der Waals surface area contributed by atoms with Gasteiger partial charge in [-0.2, -0.15) is 5.26 Å². The van der Waals surface area contributed by atoms with Crippen molar-refractivity contribution in [2.24, 2.45) is 0 Å². The summed E-state index contributed by atoms with van der Waals surface area (Å²) < 4.78 is 9.91. The number of carboxylic acid groups (broad SMARTS) is 1. The van der Waals surface area contributed by atoms with Crippen molar-refractivity contribution in [1.29, 1.82) is 5.26 Å². The molecule has 0 aliphatic heterocycles. The average Bonchev–Trinajstić information content (AvgIpc) is 2.28. The number of carboxylic acids is 1. The molecule has 0 aliphatic rings. The SMILES string of the molecule is COCC(Oc1cc(Cl)ccc1C#N)C(=O)O. The molecule has 0 radical (unpaired) electrons. The van der Waals surface area contributed by atoms with E-state index in [4.69, 9.17) is 31.4 Å². The quantitative estimate of drug-likeness (QED) is 0.866. The van der Waals surface area contributed by atoms with E-state index >= 15 is 0 Å². The Hall–Kier alpha value is -1.77. The lowest BCUT2D eigenvalue weighted by Gasteiger charge is -2.15. The van der Waals surface area contributed by atoms with Crippen LogP contribution in [0.25, 0.3) is 0 Å². The highest BCUT2D eigenvalue weighted by Crippen LogP contribution is 2.23. The first-order valence-corrected chi connectivity index (χ1v) is 5.04. The molecule has 6 heteroatoms. The van der Waals surface area contributed by atoms with E-state index in [0.29, 0.717) is 5.02 Å². The first-order chi connectivity index (χ1) is 8.08. The van der Waals surface area contributed by atoms with Crippen LogP contribution in [-0.4, -0.2) is 30.9 Å². The van der Waals surface area contributed by atoms with Crippen molar-refractivity contribution in [3.05, 3.63) is 28.8 Å². The van der Waals surface area contributed by atoms with Gasteiger partial charge in [0.1, 0.15) is 11.8 Å². The molecule has 0 spiro atoms. The molecule has 0 aliphatic carbocycles. The van der Waals surface area contributed by atoms with Crippen molar-refractivity contribution in [2.75, 3.05) is 13.7 Å². The third-order valence-corrected chi connectivity index (χ3v) is 2.16. The highest BCUT2D eigenvalue weighted by atomic mass is 35.5. The van der Waals surface area contributed by atoms with Gasteiger partial charge in [0.05, 0.1) is 12.2 Å². The third kappa shape index (κ3) is 3.63. The summed E-state index contributed by atoms with van der Waals surface area (Å²) >= 11 is 5.75. The number of methoxy groups -OCH3 is 1. The molecule has 1 aromatic rings. The van der Waals surface area contributed by atoms with Crippen molar-refractivity contribution in [3.63, 3.8) is 0 Å². The van der Waals surface area contributed by atoms with Gasteiger partial charge in [-0.1, -0.05) is 11.6 Å². The number of halogens is 1. The molecule has 0 aromatic heterocycles. The average molecular weight is 256 g/mol. The molecular weight excluding hydrogens is 246 g/mol. The molecule has 90 valence electrons. The summed E-state index contributed by atoms with van der Waals surface area (Å²) in [5, 5.41) is 18.1. The molecule has 1 rings (SSSR count). The number of aliphatic carboxylic acids is 1. The fourth-order valence-corrected chi connectivity index (χ4v) is 1.31. The molecule has 17 heavy (non-hydrogen) atoms. The second kappa shape index (κ2) is 6.09. The van der Waals surface area contributed by atoms with Crippen LogP contribution in [0.2, 0.25) is 5.02 Å². The largest absolute Gasteiger partial charge is 0.478 e. The summed E-state index contributed by atoms with van der Waals surface area (Å²) in [7, 11) is 1.36. The summed E-state index contributed by atoms with van der Waals surface area (Å²) in [5.74, 6) is -1.04. The normalized spacial score (nSPS) is 11.6. The minimum absolute atomic E-state index is 0.118. The van der Waals surface area contributed by atoms with Crippen molar-refractivity contribution in [1.82, 2.24) is 0 Å². The van der Waals surface area contributed by atoms with Gasteiger partial charge in [0.25, 0.3) is 0 Å². The molecule has 1 atom stereocenters. The third-order valence-electron chi connectivity index (χ3n) is 1.93. The van der Waals surface area contributed by atoms with Gasteiger partial charge in [0.15, 0.2) is 0 Å². The minimum Gasteiger partial charge on any atom is -0.478 e. The Balaban J connectivity index is 2.96. The van der Waals surface area contributed by atoms with Gasteiger partial charge in [-0.15, -0.1) is 0 Å². The Morgan fingerprint density at radius 2 is 2.35 bits per heavy atom. The van der Waals surface area contributed by atoms with Crippen LogP contribution in [0.5, 0.6) is 5.75 Å². The zero-order valence-corrected chi connectivity index (χ0v) is 9.77. The second-order valence-electron chi connectivity index (χ2n) is 3.15. The van der Waals surface area contributed by atoms with E-state index in [0.717, 1.165) is 0 Å². The number of hydrogen-bond acceptors (Lipinski definition) is 4. The lowest BCUT2D eigenvalue weighted by molar-refractivity contribution is -0.147. The smallest absolute Gasteiger partial charge is 0.347 e. The number of benzene rings is 1. The Bertz CT molecular complexity index is 455. The van der Waals surface area contributed by atoms with Crippen LogP contribution >= 0.6 is 11.6 Å². The van der Waals surface area contributed by atoms with Crippen molar-refractivity contribution >= 4 is 17.6 Å². The van der Waals surface area contributed by atoms with Gasteiger partial charge < -0.3 is 14.6 Å². The minimum atomic E-state index is -1.18. The monoisotopic (exact) mass is 255 g/mol. The summed E-state index contributed by atoms with van der Waals surface area (Å²) in [5.41, 5.74) is 0.219. The zero-order valence-electron chi connectivity index (χ0n) is 9.01. The van der Waals surface area contributed by atoms with Gasteiger partial charge in [0.2, 0.25) is 6.10 Å². The van der Waals surface area contributed by atoms with E-state index in [1.165, 1.54) is 25.3 Å². The number of rotatable bonds is 5. The van der Waals surface area contributed by atoms with Gasteiger partial charge in [-0.3, -0.25) is 0 Å². The van der Waals surface area contributed by atoms with Crippen LogP contribution in [-0.2, 0) is 9.53 Å². The molecule has 5 nitrogen and oxygen atoms in total. The molecule has 0 heterocycles. The predicted octanol–water partition coefficient (Wildman–Crippen LogP) is 1.69. The molecule has 1 aromatic carbocycles. The van der Waals surface area contributed by atoms with E-state index in [1.807, 2.05) is 6.07 Å². The summed E-state index contributed by atoms with van der Waals surface area (Å²) in [6.07, 6.45) is -1.18. The molecule has 0 bridgehead atoms. The van der Waals surface area contributed by atoms with Gasteiger partial charge >= 0.3 is 5.97 Å². The Labute approximate surface area is 103 Å². The lowest BCUT2D eigenvalue weighted by atomic mass is 10.2. The Kier molecular flexibility index (Phi) is 4.76. The van der Waals surface area contributed by atoms with E-state index in [9.17, 15) is 4.79 Å². The highest BCUT2D eigenvalue weighted by molar-refractivity contribution is 6.30. The van der Waals surface area contributed by atoms with Crippen molar-refractivity contribution in [3.8, 4) is 11.8 Å². The van der Waals surface area contributed by atoms with Crippen LogP contribution in [0, 0.1) is 11.3 Å². The topological polar surface area (TPSA) is 79.5 Å². The Morgan fingerprint density at radius 1 is 1.65 bits per heavy atom. The number of nitrogens with zero attached hydrogens (tertiary/aromatic N) is 1. The van der Waals surface area contributed by atoms with Crippen LogP contribution in [0.3, 0.4) is 0 Å². The maximum absolute atomic E-state index is 10.9. The number of carbonyl (C=O) groups is 1. The summed E-state index contributed by atoms with van der Waals surface area (Å²) in [4.78, 5) is 10.9. The van der Waals surface area contributed by atoms with Crippen LogP contribution in [0.15, 0.2) is 18.2 Å². The second-order valence-corrected chi connectivity index (χ2v) is 3.59. The van der Waals surface area contributed by atoms with Crippen LogP contribution in [0.4, 0.5) is 0 Å². The van der Waals surface area contributed by atoms with E-state index in [1.54, 1.807) is 0 Å². The van der Waals surface area contributed by atoms with Gasteiger partial charge in [0, 0.05) is 18.2 Å². The summed E-state index contributed by atoms with van der Waals surface area (Å²) in [6, 6.07) is 6.27. The van der Waals surface area contributed by atoms with Gasteiger partial charge in [-0.05, 0) is 12.1 Å². The molecule has 0 saturated carbocycles. The number of nitriles is 1. The maximum atomic E-state index is 10.9. The fourth-order valence-electron chi connectivity index (χ4n) is 1.15.